The number of aryl methyl sites for hydroxylation is 1. The molecule has 0 heterocycles. The Labute approximate surface area is 800 Å². The first-order valence-corrected chi connectivity index (χ1v) is 45.8. The molecular formula is C107H124ClN13O15+4. The zero-order valence-electron chi connectivity index (χ0n) is 78.8. The highest BCUT2D eigenvalue weighted by Crippen LogP contribution is 2.43. The summed E-state index contributed by atoms with van der Waals surface area (Å²) in [5.41, 5.74) is 25.4. The molecule has 0 amide bonds. The number of carbonyl (C=O) groups is 10. The van der Waals surface area contributed by atoms with Crippen LogP contribution in [0.3, 0.4) is 0 Å². The molecule has 0 aromatic heterocycles. The molecule has 7 aliphatic rings. The van der Waals surface area contributed by atoms with Crippen LogP contribution >= 0.6 is 12.4 Å². The molecule has 0 aliphatic heterocycles. The number of nitrogen functional groups attached to an aromatic ring is 2. The van der Waals surface area contributed by atoms with Crippen molar-refractivity contribution in [1.82, 2.24) is 0 Å². The molecule has 7 aliphatic carbocycles. The molecule has 0 bridgehead atoms. The maximum absolute atomic E-state index is 13.2. The average Bonchev–Trinajstić information content (AvgIpc) is 0.829. The zero-order chi connectivity index (χ0) is 97.5. The zero-order valence-corrected chi connectivity index (χ0v) is 79.6. The second-order valence-corrected chi connectivity index (χ2v) is 35.3. The normalized spacial score (nSPS) is 13.8. The van der Waals surface area contributed by atoms with Crippen molar-refractivity contribution in [3.8, 4) is 6.07 Å². The summed E-state index contributed by atoms with van der Waals surface area (Å²) >= 11 is 0. The number of carbonyl (C=O) groups excluding carboxylic acids is 10. The molecule has 17 rings (SSSR count). The standard InChI is InChI=1S/C23H29N3O2.C21H25N3O2.C20H22N2O6.C18H18N2O3.C17H13N3O2.2C4H7.ClH/c1-5-14-26(3,4)15-8-13-25-19-12-11-18(24-2)20-21(19)23(28)17-10-7-6-9-16(17)22(20)27;1-13-12-16(23-10-7-11-24(2,3)4)17-18(19(13)22)21(26)15-9-6-5-8-14(15)20(17)25;23-9-11(25)7-21-15-5-6-16(22-8-12(26)10-24)18-17(15)19(27)13-3-1-2-4-14(13)20(18)28;1-19-13-7-8-14(20-9-4-10-21)16-15(13)17(22)11-5-2-3-6-12(11)18(16)23;1-2-20-12-7-9(8-18)15(19)14-13(12)16(21)10-5-3-4-6-11(10)17(14)22;2*1-2-4-3-1;/h6-7,9-12H,5,8,13-15H2,1-4H3,(H-,24,25,27,28);5-6,8-9,12H,7,10-11H2,1-4H3,(H2-,22,23,25,26);1-6,11-12,21-26H,7-10H2;2-3,5-8,19-21H,4,9-10H2,1H3;3-7,20H,2,19H2,1H3;2*1H,2-4H2;1H/q;;;;;2*+1;/p+2. The number of aliphatic hydroxyl groups is 5. The Balaban J connectivity index is 0.000000172. The first kappa shape index (κ1) is 104. The van der Waals surface area contributed by atoms with E-state index in [2.05, 4.69) is 97.5 Å². The largest absolute Gasteiger partial charge is 0.398 e. The molecule has 10 aromatic rings. The van der Waals surface area contributed by atoms with Crippen molar-refractivity contribution in [2.75, 3.05) is 182 Å². The van der Waals surface area contributed by atoms with Crippen LogP contribution < -0.4 is 54.0 Å². The Kier molecular flexibility index (Phi) is 36.7. The highest BCUT2D eigenvalue weighted by Gasteiger charge is 2.40. The number of aliphatic hydroxyl groups excluding tert-OH is 5. The van der Waals surface area contributed by atoms with Crippen molar-refractivity contribution in [3.05, 3.63) is 305 Å². The van der Waals surface area contributed by atoms with E-state index < -0.39 is 25.4 Å². The van der Waals surface area contributed by atoms with E-state index >= 15 is 0 Å². The summed E-state index contributed by atoms with van der Waals surface area (Å²) in [5.74, 6) is -2.05. The Hall–Kier alpha value is -13.9. The lowest BCUT2D eigenvalue weighted by Gasteiger charge is -2.29. The van der Waals surface area contributed by atoms with Crippen molar-refractivity contribution in [2.45, 2.75) is 97.2 Å². The number of nitrogens with two attached hydrogens (primary N) is 2. The number of nitriles is 1. The predicted molar refractivity (Wildman–Crippen MR) is 538 cm³/mol. The molecule has 2 unspecified atom stereocenters. The number of halogens is 1. The third kappa shape index (κ3) is 23.7. The van der Waals surface area contributed by atoms with Crippen molar-refractivity contribution in [1.29, 1.82) is 5.26 Å². The highest BCUT2D eigenvalue weighted by atomic mass is 35.5. The number of fused-ring (bicyclic) bond motifs is 10. The van der Waals surface area contributed by atoms with E-state index in [-0.39, 0.29) is 123 Å². The predicted octanol–water partition coefficient (Wildman–Crippen LogP) is 14.5. The number of nitrogens with one attached hydrogen (secondary N) is 8. The maximum Gasteiger partial charge on any atom is 0.196 e. The van der Waals surface area contributed by atoms with Gasteiger partial charge < -0.3 is 88.5 Å². The molecule has 136 heavy (non-hydrogen) atoms. The van der Waals surface area contributed by atoms with Crippen LogP contribution in [0.5, 0.6) is 0 Å². The monoisotopic (exact) mass is 1870 g/mol. The van der Waals surface area contributed by atoms with E-state index in [4.69, 9.17) is 26.8 Å². The van der Waals surface area contributed by atoms with Gasteiger partial charge in [0.05, 0.1) is 186 Å². The number of anilines is 10. The van der Waals surface area contributed by atoms with E-state index in [1.165, 1.54) is 44.6 Å². The van der Waals surface area contributed by atoms with Gasteiger partial charge in [0.2, 0.25) is 0 Å². The minimum Gasteiger partial charge on any atom is -0.398 e. The van der Waals surface area contributed by atoms with Gasteiger partial charge in [-0.1, -0.05) is 128 Å². The first-order chi connectivity index (χ1) is 64.8. The van der Waals surface area contributed by atoms with Gasteiger partial charge in [-0.3, -0.25) is 47.9 Å². The first-order valence-electron chi connectivity index (χ1n) is 45.8. The number of quaternary nitrogens is 2. The number of benzene rings is 10. The van der Waals surface area contributed by atoms with Crippen LogP contribution in [0.25, 0.3) is 0 Å². The summed E-state index contributed by atoms with van der Waals surface area (Å²) in [6.45, 7) is 10.9. The summed E-state index contributed by atoms with van der Waals surface area (Å²) in [6.07, 6.45) is 14.6. The van der Waals surface area contributed by atoms with Gasteiger partial charge in [-0.25, -0.2) is 0 Å². The van der Waals surface area contributed by atoms with E-state index in [0.29, 0.717) is 154 Å². The van der Waals surface area contributed by atoms with Gasteiger partial charge in [0, 0.05) is 192 Å². The second kappa shape index (κ2) is 47.9. The van der Waals surface area contributed by atoms with Gasteiger partial charge in [-0.2, -0.15) is 5.26 Å². The van der Waals surface area contributed by atoms with Gasteiger partial charge >= 0.3 is 0 Å². The molecule has 0 saturated heterocycles. The van der Waals surface area contributed by atoms with Gasteiger partial charge in [-0.05, 0) is 80.8 Å². The van der Waals surface area contributed by atoms with Crippen LogP contribution in [0.1, 0.15) is 248 Å². The van der Waals surface area contributed by atoms with E-state index in [0.717, 1.165) is 72.2 Å². The Morgan fingerprint density at radius 2 is 0.640 bits per heavy atom. The third-order valence-electron chi connectivity index (χ3n) is 24.1. The fourth-order valence-corrected chi connectivity index (χ4v) is 16.5. The van der Waals surface area contributed by atoms with Crippen LogP contribution in [0, 0.1) is 31.1 Å². The molecule has 28 nitrogen and oxygen atoms in total. The van der Waals surface area contributed by atoms with Gasteiger partial charge in [-0.15, -0.1) is 12.4 Å². The molecule has 17 N–H and O–H groups in total. The number of ketones is 10. The van der Waals surface area contributed by atoms with Crippen LogP contribution in [0.4, 0.5) is 56.9 Å². The minimum absolute atomic E-state index is 0. The average molecular weight is 1870 g/mol. The quantitative estimate of drug-likeness (QED) is 0.00937. The Morgan fingerprint density at radius 3 is 0.919 bits per heavy atom. The SMILES string of the molecule is CCC[N+](C)(C)CCCNc1ccc(NC)c2c1C(=O)c1ccccc1C2=O.CCNc1cc(C#N)c(N)c2c1C(=O)c1ccccc1C2=O.CNc1ccc(NCCCO)c2c1C(=O)c1ccccc1C2=O.Cc1cc(NCCC[N+](C)(C)C)c2c(c1N)C(=O)c1ccccc1C2=O.Cl.O=C1c2ccccc2C(=O)c2c(NCC(O)CO)ccc(NCC(O)CO)c21.[CH+]1CCC1.[CH+]1CCC1. The molecule has 29 heteroatoms. The summed E-state index contributed by atoms with van der Waals surface area (Å²) < 4.78 is 1.87. The molecule has 0 radical (unpaired) electrons. The van der Waals surface area contributed by atoms with Crippen molar-refractivity contribution in [2.24, 2.45) is 0 Å². The maximum atomic E-state index is 13.2. The van der Waals surface area contributed by atoms with Crippen molar-refractivity contribution >= 4 is 127 Å². The summed E-state index contributed by atoms with van der Waals surface area (Å²) in [6, 6.07) is 50.0. The molecule has 0 spiro atoms. The highest BCUT2D eigenvalue weighted by molar-refractivity contribution is 6.36. The third-order valence-corrected chi connectivity index (χ3v) is 24.1. The lowest BCUT2D eigenvalue weighted by molar-refractivity contribution is -0.890. The molecular weight excluding hydrogens is 1740 g/mol. The van der Waals surface area contributed by atoms with Crippen LogP contribution in [0.2, 0.25) is 0 Å². The van der Waals surface area contributed by atoms with Gasteiger partial charge in [0.25, 0.3) is 0 Å². The molecule has 2 atom stereocenters. The number of hydrogen-bond donors (Lipinski definition) is 15. The molecule has 10 aromatic carbocycles. The number of nitrogens with zero attached hydrogens (tertiary/aromatic N) is 3. The molecule has 710 valence electrons. The second-order valence-electron chi connectivity index (χ2n) is 35.3. The molecule has 2 saturated carbocycles. The van der Waals surface area contributed by atoms with Crippen molar-refractivity contribution < 1.29 is 82.4 Å². The summed E-state index contributed by atoms with van der Waals surface area (Å²) in [5, 5.41) is 80.1. The van der Waals surface area contributed by atoms with Crippen LogP contribution in [0.15, 0.2) is 170 Å². The minimum atomic E-state index is -1.02. The van der Waals surface area contributed by atoms with Crippen LogP contribution in [-0.2, 0) is 0 Å². The Morgan fingerprint density at radius 1 is 0.375 bits per heavy atom. The van der Waals surface area contributed by atoms with Gasteiger partial charge in [0.15, 0.2) is 57.8 Å². The fourth-order valence-electron chi connectivity index (χ4n) is 16.5. The summed E-state index contributed by atoms with van der Waals surface area (Å²) in [4.78, 5) is 130. The van der Waals surface area contributed by atoms with Gasteiger partial charge in [0.1, 0.15) is 6.07 Å². The van der Waals surface area contributed by atoms with E-state index in [1.54, 1.807) is 160 Å². The Bertz CT molecular complexity index is 6100. The van der Waals surface area contributed by atoms with E-state index in [9.17, 15) is 63.4 Å². The summed E-state index contributed by atoms with van der Waals surface area (Å²) in [7, 11) is 14.4. The lowest BCUT2D eigenvalue weighted by atomic mass is 9.81. The van der Waals surface area contributed by atoms with Crippen molar-refractivity contribution in [3.63, 3.8) is 0 Å². The lowest BCUT2D eigenvalue weighted by Crippen LogP contribution is -2.41. The molecule has 2 fully saturated rings. The fraction of sp³-hybridized carbons (Fsp3) is 0.318. The van der Waals surface area contributed by atoms with E-state index in [1.807, 2.05) is 38.1 Å². The number of rotatable bonds is 28. The smallest absolute Gasteiger partial charge is 0.196 e. The number of hydrogen-bond acceptors (Lipinski definition) is 26. The topological polar surface area (TPSA) is 444 Å². The van der Waals surface area contributed by atoms with Crippen LogP contribution in [-0.4, -0.2) is 233 Å².